The highest BCUT2D eigenvalue weighted by Gasteiger charge is 2.45. The smallest absolute Gasteiger partial charge is 0.290 e. The Morgan fingerprint density at radius 3 is 2.57 bits per heavy atom. The van der Waals surface area contributed by atoms with Crippen LogP contribution in [0.3, 0.4) is 0 Å². The molecule has 2 aliphatic heterocycles. The largest absolute Gasteiger partial charge is 0.483 e. The summed E-state index contributed by atoms with van der Waals surface area (Å²) in [5, 5.41) is 21.9. The Kier molecular flexibility index (Phi) is 6.01. The van der Waals surface area contributed by atoms with Gasteiger partial charge in [0, 0.05) is 37.6 Å². The van der Waals surface area contributed by atoms with Crippen LogP contribution < -0.4 is 0 Å². The van der Waals surface area contributed by atoms with Gasteiger partial charge in [0.05, 0.1) is 17.4 Å². The zero-order chi connectivity index (χ0) is 21.3. The molecule has 2 aromatic heterocycles. The molecule has 1 amide bonds. The van der Waals surface area contributed by atoms with Crippen molar-refractivity contribution in [2.75, 3.05) is 26.2 Å². The van der Waals surface area contributed by atoms with E-state index in [1.165, 1.54) is 12.8 Å². The van der Waals surface area contributed by atoms with Crippen molar-refractivity contribution in [2.24, 2.45) is 11.8 Å². The Morgan fingerprint density at radius 2 is 1.87 bits per heavy atom. The second kappa shape index (κ2) is 8.69. The number of aliphatic hydroxyl groups excluding tert-OH is 1. The van der Waals surface area contributed by atoms with Gasteiger partial charge in [-0.05, 0) is 57.5 Å². The highest BCUT2D eigenvalue weighted by molar-refractivity contribution is 5.94. The molecule has 9 nitrogen and oxygen atoms in total. The van der Waals surface area contributed by atoms with Crippen molar-refractivity contribution < 1.29 is 19.8 Å². The SMILES string of the molecule is Cc1cc2ncc(C(=O)N3C[C@H]4C[C@@H](N5CCCC5)[C@H](O)C[C@H]4C3)cn2n1.O=CO. The van der Waals surface area contributed by atoms with E-state index in [0.29, 0.717) is 17.4 Å². The zero-order valence-electron chi connectivity index (χ0n) is 17.2. The average Bonchev–Trinajstić information content (AvgIpc) is 3.45. The predicted molar refractivity (Wildman–Crippen MR) is 109 cm³/mol. The van der Waals surface area contributed by atoms with Crippen LogP contribution in [-0.4, -0.2) is 85.3 Å². The monoisotopic (exact) mass is 415 g/mol. The van der Waals surface area contributed by atoms with Gasteiger partial charge in [-0.25, -0.2) is 9.50 Å². The van der Waals surface area contributed by atoms with Crippen LogP contribution in [0.2, 0.25) is 0 Å². The number of aromatic nitrogens is 3. The van der Waals surface area contributed by atoms with Gasteiger partial charge in [-0.1, -0.05) is 0 Å². The second-order valence-corrected chi connectivity index (χ2v) is 8.62. The molecule has 0 spiro atoms. The van der Waals surface area contributed by atoms with E-state index >= 15 is 0 Å². The van der Waals surface area contributed by atoms with E-state index in [1.807, 2.05) is 17.9 Å². The standard InChI is InChI=1S/C20H27N5O2.CH2O2/c1-13-6-19-21-9-16(12-25(19)22-13)20(27)24-10-14-7-17(23-4-2-3-5-23)18(26)8-15(14)11-24;2-1-3/h6,9,12,14-15,17-18,26H,2-5,7-8,10-11H2,1H3;1H,(H,2,3)/t14-,15+,17-,18-;/m1./s1. The number of nitrogens with zero attached hydrogens (tertiary/aromatic N) is 5. The Bertz CT molecular complexity index is 910. The molecular weight excluding hydrogens is 386 g/mol. The lowest BCUT2D eigenvalue weighted by Crippen LogP contribution is -2.48. The first-order valence-electron chi connectivity index (χ1n) is 10.6. The number of rotatable bonds is 2. The predicted octanol–water partition coefficient (Wildman–Crippen LogP) is 1.05. The summed E-state index contributed by atoms with van der Waals surface area (Å²) in [5.74, 6) is 0.928. The molecule has 30 heavy (non-hydrogen) atoms. The lowest BCUT2D eigenvalue weighted by atomic mass is 9.77. The molecule has 1 saturated carbocycles. The maximum atomic E-state index is 13.0. The molecule has 3 fully saturated rings. The van der Waals surface area contributed by atoms with Gasteiger partial charge in [0.15, 0.2) is 5.65 Å². The van der Waals surface area contributed by atoms with Crippen molar-refractivity contribution in [3.8, 4) is 0 Å². The van der Waals surface area contributed by atoms with Gasteiger partial charge in [-0.15, -0.1) is 0 Å². The van der Waals surface area contributed by atoms with Crippen LogP contribution in [0.1, 0.15) is 41.7 Å². The first-order valence-corrected chi connectivity index (χ1v) is 10.6. The van der Waals surface area contributed by atoms with Crippen LogP contribution in [0.4, 0.5) is 0 Å². The molecule has 2 N–H and O–H groups in total. The Morgan fingerprint density at radius 1 is 1.20 bits per heavy atom. The summed E-state index contributed by atoms with van der Waals surface area (Å²) >= 11 is 0. The summed E-state index contributed by atoms with van der Waals surface area (Å²) in [7, 11) is 0. The number of hydrogen-bond acceptors (Lipinski definition) is 6. The summed E-state index contributed by atoms with van der Waals surface area (Å²) in [6.07, 6.45) is 7.47. The molecule has 9 heteroatoms. The third-order valence-electron chi connectivity index (χ3n) is 6.69. The Hall–Kier alpha value is -2.52. The first kappa shape index (κ1) is 20.7. The molecule has 0 radical (unpaired) electrons. The molecule has 4 atom stereocenters. The number of carbonyl (C=O) groups is 2. The summed E-state index contributed by atoms with van der Waals surface area (Å²) in [6, 6.07) is 2.17. The number of hydrogen-bond donors (Lipinski definition) is 2. The lowest BCUT2D eigenvalue weighted by Gasteiger charge is -2.40. The molecule has 0 unspecified atom stereocenters. The second-order valence-electron chi connectivity index (χ2n) is 8.62. The van der Waals surface area contributed by atoms with Crippen molar-refractivity contribution in [3.05, 3.63) is 29.7 Å². The molecule has 1 aliphatic carbocycles. The van der Waals surface area contributed by atoms with Crippen molar-refractivity contribution in [1.82, 2.24) is 24.4 Å². The van der Waals surface area contributed by atoms with Crippen molar-refractivity contribution in [2.45, 2.75) is 44.8 Å². The van der Waals surface area contributed by atoms with Crippen molar-refractivity contribution in [1.29, 1.82) is 0 Å². The van der Waals surface area contributed by atoms with Gasteiger partial charge in [-0.3, -0.25) is 14.5 Å². The average molecular weight is 415 g/mol. The molecular formula is C21H29N5O4. The number of fused-ring (bicyclic) bond motifs is 2. The fourth-order valence-electron chi connectivity index (χ4n) is 5.33. The van der Waals surface area contributed by atoms with Crippen LogP contribution in [-0.2, 0) is 4.79 Å². The quantitative estimate of drug-likeness (QED) is 0.705. The number of carbonyl (C=O) groups excluding carboxylic acids is 1. The molecule has 0 bridgehead atoms. The summed E-state index contributed by atoms with van der Waals surface area (Å²) < 4.78 is 1.68. The van der Waals surface area contributed by atoms with Crippen LogP contribution in [0.15, 0.2) is 18.5 Å². The van der Waals surface area contributed by atoms with E-state index in [9.17, 15) is 9.90 Å². The van der Waals surface area contributed by atoms with Crippen LogP contribution in [0.25, 0.3) is 5.65 Å². The first-order chi connectivity index (χ1) is 14.5. The van der Waals surface area contributed by atoms with Gasteiger partial charge in [-0.2, -0.15) is 5.10 Å². The maximum Gasteiger partial charge on any atom is 0.290 e. The molecule has 162 valence electrons. The third-order valence-corrected chi connectivity index (χ3v) is 6.69. The van der Waals surface area contributed by atoms with Crippen LogP contribution in [0.5, 0.6) is 0 Å². The molecule has 4 heterocycles. The van der Waals surface area contributed by atoms with Crippen LogP contribution in [0, 0.1) is 18.8 Å². The van der Waals surface area contributed by atoms with Crippen molar-refractivity contribution >= 4 is 18.0 Å². The van der Waals surface area contributed by atoms with E-state index < -0.39 is 0 Å². The normalized spacial score (nSPS) is 28.8. The minimum atomic E-state index is -0.260. The van der Waals surface area contributed by atoms with E-state index in [-0.39, 0.29) is 24.5 Å². The van der Waals surface area contributed by atoms with E-state index in [0.717, 1.165) is 50.4 Å². The lowest BCUT2D eigenvalue weighted by molar-refractivity contribution is -0.122. The minimum absolute atomic E-state index is 0.0270. The zero-order valence-corrected chi connectivity index (χ0v) is 17.2. The van der Waals surface area contributed by atoms with E-state index in [4.69, 9.17) is 9.90 Å². The van der Waals surface area contributed by atoms with Gasteiger partial charge in [0.2, 0.25) is 0 Å². The van der Waals surface area contributed by atoms with Crippen LogP contribution >= 0.6 is 0 Å². The van der Waals surface area contributed by atoms with Gasteiger partial charge >= 0.3 is 0 Å². The van der Waals surface area contributed by atoms with E-state index in [2.05, 4.69) is 15.0 Å². The minimum Gasteiger partial charge on any atom is -0.483 e. The molecule has 5 rings (SSSR count). The number of aliphatic hydroxyl groups is 1. The highest BCUT2D eigenvalue weighted by Crippen LogP contribution is 2.39. The number of carboxylic acid groups (broad SMARTS) is 1. The fourth-order valence-corrected chi connectivity index (χ4v) is 5.33. The highest BCUT2D eigenvalue weighted by atomic mass is 16.3. The van der Waals surface area contributed by atoms with Crippen molar-refractivity contribution in [3.63, 3.8) is 0 Å². The summed E-state index contributed by atoms with van der Waals surface area (Å²) in [5.41, 5.74) is 2.23. The number of likely N-dealkylation sites (tertiary alicyclic amines) is 2. The van der Waals surface area contributed by atoms with Gasteiger partial charge in [0.25, 0.3) is 12.4 Å². The fraction of sp³-hybridized carbons (Fsp3) is 0.619. The molecule has 2 saturated heterocycles. The molecule has 0 aromatic carbocycles. The Labute approximate surface area is 175 Å². The molecule has 3 aliphatic rings. The Balaban J connectivity index is 0.000000687. The van der Waals surface area contributed by atoms with Gasteiger partial charge in [0.1, 0.15) is 0 Å². The molecule has 2 aromatic rings. The number of amides is 1. The number of aryl methyl sites for hydroxylation is 1. The topological polar surface area (TPSA) is 111 Å². The third kappa shape index (κ3) is 4.04. The maximum absolute atomic E-state index is 13.0. The van der Waals surface area contributed by atoms with Gasteiger partial charge < -0.3 is 15.1 Å². The summed E-state index contributed by atoms with van der Waals surface area (Å²) in [4.78, 5) is 30.2. The summed E-state index contributed by atoms with van der Waals surface area (Å²) in [6.45, 7) is 5.41. The van der Waals surface area contributed by atoms with E-state index in [1.54, 1.807) is 16.9 Å².